The lowest BCUT2D eigenvalue weighted by atomic mass is 9.96. The monoisotopic (exact) mass is 462 g/mol. The molecule has 1 unspecified atom stereocenters. The Morgan fingerprint density at radius 3 is 2.30 bits per heavy atom. The molecular formula is C24H16F2N4O2S. The van der Waals surface area contributed by atoms with E-state index in [2.05, 4.69) is 20.3 Å². The molecule has 1 atom stereocenters. The van der Waals surface area contributed by atoms with Crippen molar-refractivity contribution in [3.8, 4) is 22.4 Å². The average Bonchev–Trinajstić information content (AvgIpc) is 3.18. The first kappa shape index (κ1) is 20.9. The van der Waals surface area contributed by atoms with Crippen LogP contribution < -0.4 is 5.32 Å². The molecule has 9 heteroatoms. The minimum atomic E-state index is -2.71. The van der Waals surface area contributed by atoms with Crippen molar-refractivity contribution in [1.29, 1.82) is 0 Å². The number of aromatic nitrogens is 3. The van der Waals surface area contributed by atoms with E-state index in [4.69, 9.17) is 0 Å². The van der Waals surface area contributed by atoms with Crippen LogP contribution in [0.3, 0.4) is 0 Å². The second kappa shape index (κ2) is 8.18. The maximum atomic E-state index is 14.4. The van der Waals surface area contributed by atoms with Crippen LogP contribution in [0.15, 0.2) is 67.4 Å². The van der Waals surface area contributed by atoms with Crippen LogP contribution in [0.2, 0.25) is 0 Å². The number of hydrogen-bond acceptors (Lipinski definition) is 6. The smallest absolute Gasteiger partial charge is 0.220 e. The molecule has 5 rings (SSSR count). The van der Waals surface area contributed by atoms with Gasteiger partial charge in [0.05, 0.1) is 17.3 Å². The summed E-state index contributed by atoms with van der Waals surface area (Å²) in [4.78, 5) is 12.4. The third-order valence-corrected chi connectivity index (χ3v) is 6.41. The molecule has 0 fully saturated rings. The van der Waals surface area contributed by atoms with E-state index in [9.17, 15) is 17.2 Å². The van der Waals surface area contributed by atoms with Crippen LogP contribution in [0.1, 0.15) is 22.7 Å². The molecule has 0 bridgehead atoms. The van der Waals surface area contributed by atoms with Crippen molar-refractivity contribution in [2.24, 2.45) is 0 Å². The summed E-state index contributed by atoms with van der Waals surface area (Å²) in [5.41, 5.74) is 4.45. The number of aryl methyl sites for hydroxylation is 1. The van der Waals surface area contributed by atoms with E-state index in [1.54, 1.807) is 30.7 Å². The molecule has 6 nitrogen and oxygen atoms in total. The van der Waals surface area contributed by atoms with E-state index in [-0.39, 0.29) is 10.4 Å². The Balaban J connectivity index is 1.59. The van der Waals surface area contributed by atoms with Gasteiger partial charge in [-0.05, 0) is 48.4 Å². The Morgan fingerprint density at radius 2 is 1.64 bits per heavy atom. The lowest BCUT2D eigenvalue weighted by molar-refractivity contribution is 0.556. The summed E-state index contributed by atoms with van der Waals surface area (Å²) in [6.45, 7) is 1.92. The molecule has 4 aromatic rings. The molecule has 0 amide bonds. The molecule has 1 aliphatic rings. The predicted octanol–water partition coefficient (Wildman–Crippen LogP) is 4.36. The van der Waals surface area contributed by atoms with Crippen LogP contribution >= 0.6 is 0 Å². The highest BCUT2D eigenvalue weighted by molar-refractivity contribution is 7.73. The standard InChI is InChI=1S/C24H16F2N4O2S/c1-13-7-21(15-9-27-12-28-10-15)29-11-17(13)14-5-6-20-16(8-14)24(33(31)32)23(30-20)22-18(25)3-2-4-19(22)26/h2-12,23,30H,1H3. The zero-order valence-electron chi connectivity index (χ0n) is 17.3. The van der Waals surface area contributed by atoms with Gasteiger partial charge in [-0.25, -0.2) is 18.7 Å². The Kier molecular flexibility index (Phi) is 5.18. The summed E-state index contributed by atoms with van der Waals surface area (Å²) in [5.74, 6) is -1.63. The minimum Gasteiger partial charge on any atom is -0.372 e. The molecule has 0 spiro atoms. The van der Waals surface area contributed by atoms with E-state index >= 15 is 0 Å². The molecule has 2 aromatic carbocycles. The quantitative estimate of drug-likeness (QED) is 0.456. The van der Waals surface area contributed by atoms with Crippen LogP contribution in [-0.4, -0.2) is 28.2 Å². The number of anilines is 1. The maximum Gasteiger partial charge on any atom is 0.220 e. The van der Waals surface area contributed by atoms with Crippen LogP contribution in [0.5, 0.6) is 0 Å². The summed E-state index contributed by atoms with van der Waals surface area (Å²) >= 11 is 0. The lowest BCUT2D eigenvalue weighted by Gasteiger charge is -2.13. The number of hydrogen-bond donors (Lipinski definition) is 1. The first-order chi connectivity index (χ1) is 15.9. The molecule has 164 valence electrons. The van der Waals surface area contributed by atoms with Gasteiger partial charge >= 0.3 is 0 Å². The van der Waals surface area contributed by atoms with Gasteiger partial charge < -0.3 is 5.32 Å². The first-order valence-electron chi connectivity index (χ1n) is 9.97. The highest BCUT2D eigenvalue weighted by atomic mass is 32.2. The van der Waals surface area contributed by atoms with E-state index < -0.39 is 28.0 Å². The molecule has 2 aromatic heterocycles. The van der Waals surface area contributed by atoms with Gasteiger partial charge in [-0.1, -0.05) is 12.1 Å². The van der Waals surface area contributed by atoms with Gasteiger partial charge in [0.25, 0.3) is 0 Å². The zero-order valence-corrected chi connectivity index (χ0v) is 18.1. The van der Waals surface area contributed by atoms with Gasteiger partial charge in [0.1, 0.15) is 22.8 Å². The summed E-state index contributed by atoms with van der Waals surface area (Å²) in [7, 11) is -2.71. The Morgan fingerprint density at radius 1 is 0.909 bits per heavy atom. The molecule has 0 radical (unpaired) electrons. The molecule has 33 heavy (non-hydrogen) atoms. The van der Waals surface area contributed by atoms with Crippen molar-refractivity contribution in [2.75, 3.05) is 5.32 Å². The molecule has 1 N–H and O–H groups in total. The van der Waals surface area contributed by atoms with Crippen LogP contribution in [0, 0.1) is 18.6 Å². The molecule has 0 saturated carbocycles. The first-order valence-corrected chi connectivity index (χ1v) is 11.0. The second-order valence-electron chi connectivity index (χ2n) is 7.58. The lowest BCUT2D eigenvalue weighted by Crippen LogP contribution is -2.17. The number of nitrogens with zero attached hydrogens (tertiary/aromatic N) is 3. The van der Waals surface area contributed by atoms with E-state index in [1.165, 1.54) is 12.4 Å². The second-order valence-corrected chi connectivity index (χ2v) is 8.49. The maximum absolute atomic E-state index is 14.4. The number of rotatable bonds is 3. The average molecular weight is 462 g/mol. The van der Waals surface area contributed by atoms with Crippen LogP contribution in [0.25, 0.3) is 22.4 Å². The molecule has 0 saturated heterocycles. The zero-order chi connectivity index (χ0) is 23.1. The third kappa shape index (κ3) is 3.66. The van der Waals surface area contributed by atoms with Gasteiger partial charge in [-0.3, -0.25) is 4.98 Å². The highest BCUT2D eigenvalue weighted by Gasteiger charge is 2.34. The minimum absolute atomic E-state index is 0.112. The third-order valence-electron chi connectivity index (χ3n) is 5.59. The predicted molar refractivity (Wildman–Crippen MR) is 121 cm³/mol. The topological polar surface area (TPSA) is 84.8 Å². The highest BCUT2D eigenvalue weighted by Crippen LogP contribution is 2.39. The van der Waals surface area contributed by atoms with Gasteiger partial charge in [0.15, 0.2) is 0 Å². The Hall–Kier alpha value is -3.98. The van der Waals surface area contributed by atoms with Crippen molar-refractivity contribution >= 4 is 20.8 Å². The Labute approximate surface area is 189 Å². The van der Waals surface area contributed by atoms with Gasteiger partial charge in [-0.15, -0.1) is 0 Å². The van der Waals surface area contributed by atoms with E-state index in [0.29, 0.717) is 16.9 Å². The summed E-state index contributed by atoms with van der Waals surface area (Å²) < 4.78 is 53.1. The molecular weight excluding hydrogens is 446 g/mol. The summed E-state index contributed by atoms with van der Waals surface area (Å²) in [6, 6.07) is 9.40. The van der Waals surface area contributed by atoms with Gasteiger partial charge in [-0.2, -0.15) is 8.42 Å². The van der Waals surface area contributed by atoms with Crippen LogP contribution in [0.4, 0.5) is 14.5 Å². The number of pyridine rings is 1. The fourth-order valence-corrected chi connectivity index (χ4v) is 4.76. The number of nitrogens with one attached hydrogen (secondary N) is 1. The fraction of sp³-hybridized carbons (Fsp3) is 0.0833. The Bertz CT molecular complexity index is 1510. The van der Waals surface area contributed by atoms with Crippen LogP contribution in [-0.2, 0) is 10.3 Å². The fourth-order valence-electron chi connectivity index (χ4n) is 4.04. The summed E-state index contributed by atoms with van der Waals surface area (Å²) in [5, 5.41) is 2.95. The van der Waals surface area contributed by atoms with E-state index in [1.807, 2.05) is 19.1 Å². The number of halogens is 2. The van der Waals surface area contributed by atoms with Crippen molar-refractivity contribution in [3.05, 3.63) is 95.7 Å². The summed E-state index contributed by atoms with van der Waals surface area (Å²) in [6.07, 6.45) is 6.48. The van der Waals surface area contributed by atoms with Gasteiger partial charge in [0, 0.05) is 41.0 Å². The largest absolute Gasteiger partial charge is 0.372 e. The van der Waals surface area contributed by atoms with E-state index in [0.717, 1.165) is 34.4 Å². The van der Waals surface area contributed by atoms with Crippen molar-refractivity contribution < 1.29 is 17.2 Å². The normalized spacial score (nSPS) is 14.6. The van der Waals surface area contributed by atoms with Crippen molar-refractivity contribution in [3.63, 3.8) is 0 Å². The number of benzene rings is 2. The number of fused-ring (bicyclic) bond motifs is 1. The molecule has 3 heterocycles. The molecule has 0 aliphatic carbocycles. The van der Waals surface area contributed by atoms with Crippen molar-refractivity contribution in [2.45, 2.75) is 13.0 Å². The van der Waals surface area contributed by atoms with Crippen molar-refractivity contribution in [1.82, 2.24) is 15.0 Å². The van der Waals surface area contributed by atoms with Gasteiger partial charge in [0.2, 0.25) is 10.3 Å². The SMILES string of the molecule is Cc1cc(-c2cncnc2)ncc1-c1ccc2c(c1)C(=S(=O)=O)C(c1c(F)cccc1F)N2. The molecule has 1 aliphatic heterocycles.